The quantitative estimate of drug-likeness (QED) is 0.774. The fourth-order valence-electron chi connectivity index (χ4n) is 1.98. The minimum atomic E-state index is -0.0486. The van der Waals surface area contributed by atoms with Gasteiger partial charge in [0.25, 0.3) is 0 Å². The number of carbonyl (C=O) groups is 1. The molecular formula is C11H18N4O2. The van der Waals surface area contributed by atoms with Crippen molar-refractivity contribution in [3.63, 3.8) is 0 Å². The highest BCUT2D eigenvalue weighted by molar-refractivity contribution is 5.76. The van der Waals surface area contributed by atoms with Gasteiger partial charge in [-0.1, -0.05) is 0 Å². The molecule has 1 fully saturated rings. The highest BCUT2D eigenvalue weighted by atomic mass is 16.5. The lowest BCUT2D eigenvalue weighted by molar-refractivity contribution is -0.122. The van der Waals surface area contributed by atoms with E-state index in [1.165, 1.54) is 10.9 Å². The molecule has 0 aromatic carbocycles. The van der Waals surface area contributed by atoms with Gasteiger partial charge in [0, 0.05) is 24.8 Å². The molecule has 0 radical (unpaired) electrons. The first-order valence-corrected chi connectivity index (χ1v) is 5.80. The Hall–Kier alpha value is -1.56. The van der Waals surface area contributed by atoms with Crippen molar-refractivity contribution in [2.24, 2.45) is 5.92 Å². The summed E-state index contributed by atoms with van der Waals surface area (Å²) in [4.78, 5) is 11.7. The Bertz CT molecular complexity index is 385. The van der Waals surface area contributed by atoms with E-state index in [1.807, 2.05) is 6.92 Å². The monoisotopic (exact) mass is 238 g/mol. The fraction of sp³-hybridized carbons (Fsp3) is 0.636. The Morgan fingerprint density at radius 3 is 3.24 bits per heavy atom. The number of hydrogen-bond donors (Lipinski definition) is 2. The van der Waals surface area contributed by atoms with Crippen LogP contribution in [0.4, 0.5) is 5.69 Å². The summed E-state index contributed by atoms with van der Waals surface area (Å²) >= 11 is 0. The third-order valence-electron chi connectivity index (χ3n) is 3.02. The second-order valence-electron chi connectivity index (χ2n) is 4.45. The maximum atomic E-state index is 11.7. The van der Waals surface area contributed by atoms with Crippen LogP contribution in [0.1, 0.15) is 13.3 Å². The van der Waals surface area contributed by atoms with Crippen molar-refractivity contribution in [3.8, 4) is 0 Å². The van der Waals surface area contributed by atoms with Crippen LogP contribution in [0.3, 0.4) is 0 Å². The average Bonchev–Trinajstić information content (AvgIpc) is 2.89. The number of rotatable bonds is 4. The van der Waals surface area contributed by atoms with Crippen molar-refractivity contribution >= 4 is 11.6 Å². The lowest BCUT2D eigenvalue weighted by Crippen LogP contribution is -2.40. The van der Waals surface area contributed by atoms with Gasteiger partial charge in [0.05, 0.1) is 18.5 Å². The number of nitrogens with two attached hydrogens (primary N) is 1. The molecule has 1 aliphatic rings. The maximum Gasteiger partial charge on any atom is 0.241 e. The topological polar surface area (TPSA) is 82.2 Å². The summed E-state index contributed by atoms with van der Waals surface area (Å²) in [6, 6.07) is 0.137. The van der Waals surface area contributed by atoms with Crippen LogP contribution in [-0.2, 0) is 16.1 Å². The van der Waals surface area contributed by atoms with Gasteiger partial charge in [0.15, 0.2) is 0 Å². The maximum absolute atomic E-state index is 11.7. The van der Waals surface area contributed by atoms with E-state index >= 15 is 0 Å². The summed E-state index contributed by atoms with van der Waals surface area (Å²) < 4.78 is 6.83. The van der Waals surface area contributed by atoms with Gasteiger partial charge in [0.1, 0.15) is 6.54 Å². The van der Waals surface area contributed by atoms with E-state index in [-0.39, 0.29) is 18.5 Å². The molecule has 2 rings (SSSR count). The minimum Gasteiger partial charge on any atom is -0.396 e. The van der Waals surface area contributed by atoms with E-state index in [2.05, 4.69) is 10.4 Å². The molecule has 94 valence electrons. The number of nitrogens with zero attached hydrogens (tertiary/aromatic N) is 2. The summed E-state index contributed by atoms with van der Waals surface area (Å²) in [6.45, 7) is 3.74. The zero-order chi connectivity index (χ0) is 12.3. The number of ether oxygens (including phenoxy) is 1. The summed E-state index contributed by atoms with van der Waals surface area (Å²) in [6.07, 6.45) is 4.18. The first-order chi connectivity index (χ1) is 8.15. The Kier molecular flexibility index (Phi) is 3.63. The molecule has 6 heteroatoms. The number of amides is 1. The van der Waals surface area contributed by atoms with Crippen LogP contribution in [0.5, 0.6) is 0 Å². The molecule has 2 heterocycles. The molecule has 0 spiro atoms. The second kappa shape index (κ2) is 5.18. The van der Waals surface area contributed by atoms with Gasteiger partial charge in [-0.2, -0.15) is 5.10 Å². The molecule has 3 N–H and O–H groups in total. The van der Waals surface area contributed by atoms with Crippen LogP contribution in [-0.4, -0.2) is 34.9 Å². The highest BCUT2D eigenvalue weighted by Gasteiger charge is 2.23. The Morgan fingerprint density at radius 1 is 1.82 bits per heavy atom. The number of anilines is 1. The summed E-state index contributed by atoms with van der Waals surface area (Å²) in [7, 11) is 0. The largest absolute Gasteiger partial charge is 0.396 e. The van der Waals surface area contributed by atoms with Gasteiger partial charge in [-0.25, -0.2) is 0 Å². The predicted octanol–water partition coefficient (Wildman–Crippen LogP) is 0.00650. The lowest BCUT2D eigenvalue weighted by atomic mass is 10.0. The molecule has 0 saturated carbocycles. The van der Waals surface area contributed by atoms with Gasteiger partial charge in [-0.15, -0.1) is 0 Å². The number of carbonyl (C=O) groups excluding carboxylic acids is 1. The van der Waals surface area contributed by atoms with E-state index in [0.717, 1.165) is 19.6 Å². The normalized spacial score (nSPS) is 21.4. The van der Waals surface area contributed by atoms with Crippen LogP contribution in [0.15, 0.2) is 12.4 Å². The van der Waals surface area contributed by atoms with E-state index in [0.29, 0.717) is 11.6 Å². The van der Waals surface area contributed by atoms with E-state index in [1.54, 1.807) is 6.20 Å². The Balaban J connectivity index is 1.80. The van der Waals surface area contributed by atoms with Crippen LogP contribution in [0, 0.1) is 5.92 Å². The summed E-state index contributed by atoms with van der Waals surface area (Å²) in [5, 5.41) is 6.93. The van der Waals surface area contributed by atoms with Crippen molar-refractivity contribution in [1.82, 2.24) is 15.1 Å². The molecule has 2 atom stereocenters. The van der Waals surface area contributed by atoms with Crippen molar-refractivity contribution in [2.75, 3.05) is 18.9 Å². The molecule has 2 unspecified atom stereocenters. The van der Waals surface area contributed by atoms with E-state index in [9.17, 15) is 4.79 Å². The number of nitrogens with one attached hydrogen (secondary N) is 1. The van der Waals surface area contributed by atoms with E-state index in [4.69, 9.17) is 10.5 Å². The van der Waals surface area contributed by atoms with Crippen molar-refractivity contribution in [2.45, 2.75) is 25.9 Å². The zero-order valence-electron chi connectivity index (χ0n) is 9.93. The third kappa shape index (κ3) is 3.20. The second-order valence-corrected chi connectivity index (χ2v) is 4.45. The Labute approximate surface area is 100 Å². The van der Waals surface area contributed by atoms with Crippen LogP contribution < -0.4 is 11.1 Å². The molecule has 1 amide bonds. The average molecular weight is 238 g/mol. The predicted molar refractivity (Wildman–Crippen MR) is 63.2 cm³/mol. The lowest BCUT2D eigenvalue weighted by Gasteiger charge is -2.19. The fourth-order valence-corrected chi connectivity index (χ4v) is 1.98. The molecule has 1 aromatic heterocycles. The highest BCUT2D eigenvalue weighted by Crippen LogP contribution is 2.16. The van der Waals surface area contributed by atoms with Crippen LogP contribution in [0.2, 0.25) is 0 Å². The van der Waals surface area contributed by atoms with Crippen molar-refractivity contribution in [3.05, 3.63) is 12.4 Å². The first-order valence-electron chi connectivity index (χ1n) is 5.80. The third-order valence-corrected chi connectivity index (χ3v) is 3.02. The SMILES string of the molecule is CC(NC(=O)Cn1cc(N)cn1)C1CCOC1. The summed E-state index contributed by atoms with van der Waals surface area (Å²) in [5.41, 5.74) is 6.09. The minimum absolute atomic E-state index is 0.0486. The van der Waals surface area contributed by atoms with E-state index < -0.39 is 0 Å². The van der Waals surface area contributed by atoms with Crippen LogP contribution in [0.25, 0.3) is 0 Å². The number of nitrogen functional groups attached to an aromatic ring is 1. The van der Waals surface area contributed by atoms with Gasteiger partial charge in [-0.3, -0.25) is 9.48 Å². The molecule has 1 aliphatic heterocycles. The standard InChI is InChI=1S/C11H18N4O2/c1-8(9-2-3-17-7-9)14-11(16)6-15-5-10(12)4-13-15/h4-5,8-9H,2-3,6-7,12H2,1H3,(H,14,16). The van der Waals surface area contributed by atoms with Crippen molar-refractivity contribution in [1.29, 1.82) is 0 Å². The van der Waals surface area contributed by atoms with Gasteiger partial charge in [0.2, 0.25) is 5.91 Å². The zero-order valence-corrected chi connectivity index (χ0v) is 9.93. The number of hydrogen-bond acceptors (Lipinski definition) is 4. The Morgan fingerprint density at radius 2 is 2.65 bits per heavy atom. The smallest absolute Gasteiger partial charge is 0.241 e. The molecule has 17 heavy (non-hydrogen) atoms. The van der Waals surface area contributed by atoms with Gasteiger partial charge < -0.3 is 15.8 Å². The molecule has 6 nitrogen and oxygen atoms in total. The molecule has 1 aromatic rings. The molecule has 1 saturated heterocycles. The number of aromatic nitrogens is 2. The van der Waals surface area contributed by atoms with Crippen molar-refractivity contribution < 1.29 is 9.53 Å². The summed E-state index contributed by atoms with van der Waals surface area (Å²) in [5.74, 6) is 0.370. The van der Waals surface area contributed by atoms with Crippen LogP contribution >= 0.6 is 0 Å². The molecule has 0 bridgehead atoms. The molecular weight excluding hydrogens is 220 g/mol. The molecule has 0 aliphatic carbocycles. The van der Waals surface area contributed by atoms with Gasteiger partial charge in [-0.05, 0) is 13.3 Å². The van der Waals surface area contributed by atoms with Gasteiger partial charge >= 0.3 is 0 Å². The first kappa shape index (κ1) is 11.9.